The molecule has 1 heterocycles. The van der Waals surface area contributed by atoms with E-state index >= 15 is 0 Å². The molecule has 1 aliphatic rings. The summed E-state index contributed by atoms with van der Waals surface area (Å²) in [5, 5.41) is -0.142. The summed E-state index contributed by atoms with van der Waals surface area (Å²) >= 11 is 0.922. The number of thioether (sulfide) groups is 1. The van der Waals surface area contributed by atoms with E-state index in [0.29, 0.717) is 36.0 Å². The molecule has 0 spiro atoms. The van der Waals surface area contributed by atoms with Crippen molar-refractivity contribution >= 4 is 38.4 Å². The van der Waals surface area contributed by atoms with E-state index in [1.54, 1.807) is 18.2 Å². The molecule has 142 valence electrons. The Hall–Kier alpha value is -2.36. The molecule has 0 unspecified atom stereocenters. The summed E-state index contributed by atoms with van der Waals surface area (Å²) in [7, 11) is -3.70. The lowest BCUT2D eigenvalue weighted by atomic mass is 10.1. The molecule has 2 aromatic carbocycles. The molecule has 2 aromatic rings. The average molecular weight is 408 g/mol. The number of ketones is 1. The number of ether oxygens (including phenoxy) is 2. The zero-order chi connectivity index (χ0) is 19.4. The molecule has 3 rings (SSSR count). The monoisotopic (exact) mass is 408 g/mol. The number of hydrogen-bond acceptors (Lipinski definition) is 7. The molecule has 0 aromatic heterocycles. The molecule has 0 radical (unpaired) electrons. The van der Waals surface area contributed by atoms with Crippen LogP contribution in [0.15, 0.2) is 47.4 Å². The van der Waals surface area contributed by atoms with Gasteiger partial charge in [0.15, 0.2) is 22.4 Å². The van der Waals surface area contributed by atoms with Gasteiger partial charge in [0.05, 0.1) is 5.75 Å². The maximum Gasteiger partial charge on any atom is 0.328 e. The first kappa shape index (κ1) is 19.4. The number of nitrogens with two attached hydrogens (primary N) is 1. The molecular weight excluding hydrogens is 390 g/mol. The number of primary sulfonamides is 1. The van der Waals surface area contributed by atoms with Crippen LogP contribution in [0.5, 0.6) is 11.5 Å². The smallest absolute Gasteiger partial charge is 0.328 e. The second-order valence-corrected chi connectivity index (χ2v) is 8.74. The largest absolute Gasteiger partial charge is 0.486 e. The van der Waals surface area contributed by atoms with Gasteiger partial charge in [-0.3, -0.25) is 9.59 Å². The lowest BCUT2D eigenvalue weighted by molar-refractivity contribution is -0.397. The number of hydrogen-bond donors (Lipinski definition) is 1. The normalized spacial score (nSPS) is 13.2. The third kappa shape index (κ3) is 4.88. The molecule has 2 N–H and O–H groups in total. The van der Waals surface area contributed by atoms with Gasteiger partial charge in [-0.2, -0.15) is 8.42 Å². The van der Waals surface area contributed by atoms with Crippen molar-refractivity contribution in [1.82, 2.24) is 0 Å². The molecule has 7 nitrogen and oxygen atoms in total. The minimum absolute atomic E-state index is 0.0325. The van der Waals surface area contributed by atoms with Crippen LogP contribution in [-0.2, 0) is 14.8 Å². The van der Waals surface area contributed by atoms with E-state index < -0.39 is 10.0 Å². The molecule has 1 aliphatic heterocycles. The quantitative estimate of drug-likeness (QED) is 0.571. The highest BCUT2D eigenvalue weighted by atomic mass is 32.2. The zero-order valence-corrected chi connectivity index (χ0v) is 16.1. The highest BCUT2D eigenvalue weighted by molar-refractivity contribution is 8.14. The van der Waals surface area contributed by atoms with Crippen molar-refractivity contribution in [3.05, 3.63) is 48.0 Å². The van der Waals surface area contributed by atoms with Gasteiger partial charge in [-0.15, -0.1) is 0 Å². The van der Waals surface area contributed by atoms with Crippen LogP contribution in [0.2, 0.25) is 0 Å². The van der Waals surface area contributed by atoms with Gasteiger partial charge in [0, 0.05) is 24.6 Å². The highest BCUT2D eigenvalue weighted by Crippen LogP contribution is 2.31. The van der Waals surface area contributed by atoms with Crippen LogP contribution >= 0.6 is 11.8 Å². The molecule has 0 saturated heterocycles. The SMILES string of the molecule is CC(=O)SCC(=O)c1ccc(S(=O)(=O)[NH2+]c2ccc3c(c2)OCCO3)cc1. The Bertz CT molecular complexity index is 970. The minimum Gasteiger partial charge on any atom is -0.486 e. The van der Waals surface area contributed by atoms with Crippen molar-refractivity contribution in [3.63, 3.8) is 0 Å². The van der Waals surface area contributed by atoms with Gasteiger partial charge < -0.3 is 9.47 Å². The van der Waals surface area contributed by atoms with Crippen LogP contribution in [0, 0.1) is 0 Å². The van der Waals surface area contributed by atoms with Gasteiger partial charge in [-0.05, 0) is 30.3 Å². The Morgan fingerprint density at radius 2 is 1.70 bits per heavy atom. The fourth-order valence-electron chi connectivity index (χ4n) is 2.46. The second kappa shape index (κ2) is 8.12. The second-order valence-electron chi connectivity index (χ2n) is 5.79. The predicted molar refractivity (Wildman–Crippen MR) is 100 cm³/mol. The number of fused-ring (bicyclic) bond motifs is 1. The van der Waals surface area contributed by atoms with Crippen molar-refractivity contribution in [3.8, 4) is 11.5 Å². The van der Waals surface area contributed by atoms with Crippen molar-refractivity contribution in [2.24, 2.45) is 0 Å². The molecule has 9 heteroatoms. The third-order valence-electron chi connectivity index (χ3n) is 3.77. The summed E-state index contributed by atoms with van der Waals surface area (Å²) in [5.74, 6) is 0.899. The number of benzene rings is 2. The van der Waals surface area contributed by atoms with E-state index in [9.17, 15) is 18.0 Å². The molecule has 0 fully saturated rings. The van der Waals surface area contributed by atoms with Crippen LogP contribution in [0.1, 0.15) is 17.3 Å². The maximum atomic E-state index is 12.6. The highest BCUT2D eigenvalue weighted by Gasteiger charge is 2.22. The van der Waals surface area contributed by atoms with Crippen molar-refractivity contribution in [2.45, 2.75) is 11.8 Å². The first-order chi connectivity index (χ1) is 12.8. The van der Waals surface area contributed by atoms with E-state index in [-0.39, 0.29) is 21.5 Å². The first-order valence-electron chi connectivity index (χ1n) is 8.11. The van der Waals surface area contributed by atoms with E-state index in [0.717, 1.165) is 16.5 Å². The Labute approximate surface area is 161 Å². The van der Waals surface area contributed by atoms with E-state index in [1.807, 2.05) is 0 Å². The number of carbonyl (C=O) groups is 2. The van der Waals surface area contributed by atoms with E-state index in [2.05, 4.69) is 0 Å². The summed E-state index contributed by atoms with van der Waals surface area (Å²) in [6, 6.07) is 10.6. The van der Waals surface area contributed by atoms with Gasteiger partial charge in [0.2, 0.25) is 0 Å². The van der Waals surface area contributed by atoms with Gasteiger partial charge in [-0.25, -0.2) is 4.72 Å². The van der Waals surface area contributed by atoms with E-state index in [1.165, 1.54) is 31.2 Å². The van der Waals surface area contributed by atoms with E-state index in [4.69, 9.17) is 9.47 Å². The van der Waals surface area contributed by atoms with Gasteiger partial charge in [0.25, 0.3) is 0 Å². The molecule has 27 heavy (non-hydrogen) atoms. The lowest BCUT2D eigenvalue weighted by Gasteiger charge is -2.18. The molecule has 0 bridgehead atoms. The summed E-state index contributed by atoms with van der Waals surface area (Å²) in [5.41, 5.74) is 0.833. The zero-order valence-electron chi connectivity index (χ0n) is 14.5. The van der Waals surface area contributed by atoms with Crippen LogP contribution in [0.25, 0.3) is 0 Å². The van der Waals surface area contributed by atoms with Crippen LogP contribution < -0.4 is 14.2 Å². The first-order valence-corrected chi connectivity index (χ1v) is 10.6. The number of Topliss-reactive ketones (excluding diaryl/α,β-unsaturated/α-hetero) is 1. The fourth-order valence-corrected chi connectivity index (χ4v) is 4.12. The van der Waals surface area contributed by atoms with Crippen LogP contribution in [0.4, 0.5) is 5.69 Å². The Morgan fingerprint density at radius 3 is 2.37 bits per heavy atom. The Morgan fingerprint density at radius 1 is 1.04 bits per heavy atom. The standard InChI is InChI=1S/C18H17NO6S2/c1-12(20)26-11-16(21)13-2-5-15(6-3-13)27(22,23)19-14-4-7-17-18(10-14)25-9-8-24-17/h2-7,10,19H,8-9,11H2,1H3/p+1. The number of sulfonamides is 1. The Balaban J connectivity index is 1.73. The summed E-state index contributed by atoms with van der Waals surface area (Å²) in [4.78, 5) is 23.0. The fraction of sp³-hybridized carbons (Fsp3) is 0.222. The topological polar surface area (TPSA) is 103 Å². The minimum atomic E-state index is -3.70. The molecular formula is C18H18NO6S2+. The summed E-state index contributed by atoms with van der Waals surface area (Å²) < 4.78 is 37.2. The van der Waals surface area contributed by atoms with Crippen LogP contribution in [0.3, 0.4) is 0 Å². The molecule has 0 saturated carbocycles. The molecule has 0 atom stereocenters. The predicted octanol–water partition coefficient (Wildman–Crippen LogP) is 1.50. The number of carbonyl (C=O) groups excluding carboxylic acids is 2. The molecule has 0 amide bonds. The lowest BCUT2D eigenvalue weighted by Crippen LogP contribution is -2.81. The number of quaternary nitrogens is 1. The summed E-state index contributed by atoms with van der Waals surface area (Å²) in [6.07, 6.45) is 0. The van der Waals surface area contributed by atoms with Gasteiger partial charge >= 0.3 is 10.0 Å². The molecule has 0 aliphatic carbocycles. The third-order valence-corrected chi connectivity index (χ3v) is 6.09. The van der Waals surface area contributed by atoms with Crippen LogP contribution in [-0.4, -0.2) is 38.3 Å². The van der Waals surface area contributed by atoms with Gasteiger partial charge in [-0.1, -0.05) is 11.8 Å². The van der Waals surface area contributed by atoms with Crippen molar-refractivity contribution < 1.29 is 32.2 Å². The van der Waals surface area contributed by atoms with Gasteiger partial charge in [0.1, 0.15) is 23.8 Å². The summed E-state index contributed by atoms with van der Waals surface area (Å²) in [6.45, 7) is 2.27. The average Bonchev–Trinajstić information content (AvgIpc) is 2.65. The Kier molecular flexibility index (Phi) is 5.83. The van der Waals surface area contributed by atoms with Crippen molar-refractivity contribution in [1.29, 1.82) is 0 Å². The number of rotatable bonds is 6. The van der Waals surface area contributed by atoms with Crippen molar-refractivity contribution in [2.75, 3.05) is 19.0 Å². The maximum absolute atomic E-state index is 12.6.